The molecule has 1 aliphatic rings. The highest BCUT2D eigenvalue weighted by atomic mass is 16.2. The first kappa shape index (κ1) is 21.4. The van der Waals surface area contributed by atoms with Crippen molar-refractivity contribution in [3.63, 3.8) is 0 Å². The lowest BCUT2D eigenvalue weighted by atomic mass is 9.75. The third kappa shape index (κ3) is 4.04. The van der Waals surface area contributed by atoms with Gasteiger partial charge in [0.05, 0.1) is 11.4 Å². The van der Waals surface area contributed by atoms with E-state index in [1.807, 2.05) is 36.4 Å². The summed E-state index contributed by atoms with van der Waals surface area (Å²) in [6, 6.07) is 24.8. The normalized spacial score (nSPS) is 18.2. The summed E-state index contributed by atoms with van der Waals surface area (Å²) >= 11 is 0. The Balaban J connectivity index is 1.65. The number of nitrogens with zero attached hydrogens (tertiary/aromatic N) is 2. The Labute approximate surface area is 195 Å². The van der Waals surface area contributed by atoms with E-state index in [2.05, 4.69) is 63.2 Å². The van der Waals surface area contributed by atoms with Crippen molar-refractivity contribution >= 4 is 22.8 Å². The Bertz CT molecular complexity index is 1330. The van der Waals surface area contributed by atoms with Gasteiger partial charge in [0.1, 0.15) is 0 Å². The third-order valence-corrected chi connectivity index (χ3v) is 6.97. The lowest BCUT2D eigenvalue weighted by Gasteiger charge is -2.30. The Kier molecular flexibility index (Phi) is 5.72. The molecular weight excluding hydrogens is 404 g/mol. The predicted octanol–water partition coefficient (Wildman–Crippen LogP) is 7.69. The first-order valence-corrected chi connectivity index (χ1v) is 11.9. The molecule has 166 valence electrons. The van der Waals surface area contributed by atoms with Gasteiger partial charge in [-0.1, -0.05) is 87.5 Å². The van der Waals surface area contributed by atoms with Crippen LogP contribution >= 0.6 is 0 Å². The van der Waals surface area contributed by atoms with E-state index in [-0.39, 0.29) is 5.91 Å². The number of carbonyl (C=O) groups excluding carboxylic acids is 1. The number of fused-ring (bicyclic) bond motifs is 2. The van der Waals surface area contributed by atoms with Crippen molar-refractivity contribution in [1.29, 1.82) is 0 Å². The van der Waals surface area contributed by atoms with Gasteiger partial charge in [0.2, 0.25) is 0 Å². The molecule has 0 aliphatic heterocycles. The Hall–Kier alpha value is -3.46. The van der Waals surface area contributed by atoms with Gasteiger partial charge in [-0.2, -0.15) is 5.10 Å². The van der Waals surface area contributed by atoms with Crippen molar-refractivity contribution in [3.8, 4) is 11.3 Å². The van der Waals surface area contributed by atoms with Crippen LogP contribution in [0.3, 0.4) is 0 Å². The second kappa shape index (κ2) is 8.82. The van der Waals surface area contributed by atoms with E-state index in [4.69, 9.17) is 5.10 Å². The molecule has 1 heterocycles. The second-order valence-electron chi connectivity index (χ2n) is 9.53. The number of carbonyl (C=O) groups is 1. The first-order chi connectivity index (χ1) is 16.0. The Morgan fingerprint density at radius 3 is 2.45 bits per heavy atom. The Morgan fingerprint density at radius 1 is 0.970 bits per heavy atom. The lowest BCUT2D eigenvalue weighted by Crippen LogP contribution is -2.23. The molecule has 0 unspecified atom stereocenters. The van der Waals surface area contributed by atoms with Crippen LogP contribution in [-0.4, -0.2) is 15.7 Å². The molecule has 2 atom stereocenters. The zero-order chi connectivity index (χ0) is 22.9. The third-order valence-electron chi connectivity index (χ3n) is 6.97. The van der Waals surface area contributed by atoms with E-state index in [0.717, 1.165) is 35.4 Å². The van der Waals surface area contributed by atoms with Crippen molar-refractivity contribution in [1.82, 2.24) is 9.78 Å². The van der Waals surface area contributed by atoms with Gasteiger partial charge in [0.25, 0.3) is 5.91 Å². The maximum absolute atomic E-state index is 13.4. The van der Waals surface area contributed by atoms with E-state index in [1.165, 1.54) is 16.3 Å². The molecule has 0 amide bonds. The fourth-order valence-corrected chi connectivity index (χ4v) is 5.17. The van der Waals surface area contributed by atoms with Gasteiger partial charge >= 0.3 is 0 Å². The van der Waals surface area contributed by atoms with Crippen molar-refractivity contribution in [2.45, 2.75) is 45.4 Å². The minimum Gasteiger partial charge on any atom is -0.267 e. The number of rotatable bonds is 4. The van der Waals surface area contributed by atoms with Crippen molar-refractivity contribution < 1.29 is 4.79 Å². The van der Waals surface area contributed by atoms with Gasteiger partial charge in [-0.25, -0.2) is 4.68 Å². The van der Waals surface area contributed by atoms with Crippen molar-refractivity contribution in [3.05, 3.63) is 95.7 Å². The fourth-order valence-electron chi connectivity index (χ4n) is 5.17. The van der Waals surface area contributed by atoms with Crippen LogP contribution in [0.5, 0.6) is 0 Å². The topological polar surface area (TPSA) is 34.9 Å². The maximum Gasteiger partial charge on any atom is 0.271 e. The van der Waals surface area contributed by atoms with Gasteiger partial charge in [0, 0.05) is 23.1 Å². The number of hydrogen-bond donors (Lipinski definition) is 0. The number of aromatic nitrogens is 2. The highest BCUT2D eigenvalue weighted by molar-refractivity contribution is 5.95. The zero-order valence-corrected chi connectivity index (χ0v) is 19.5. The number of benzene rings is 3. The van der Waals surface area contributed by atoms with Gasteiger partial charge in [-0.15, -0.1) is 0 Å². The molecule has 4 aromatic rings. The first-order valence-electron chi connectivity index (χ1n) is 11.9. The smallest absolute Gasteiger partial charge is 0.267 e. The molecule has 3 aromatic carbocycles. The predicted molar refractivity (Wildman–Crippen MR) is 136 cm³/mol. The average Bonchev–Trinajstić information content (AvgIpc) is 3.24. The van der Waals surface area contributed by atoms with E-state index in [0.29, 0.717) is 17.8 Å². The van der Waals surface area contributed by atoms with Gasteiger partial charge < -0.3 is 0 Å². The molecule has 0 fully saturated rings. The highest BCUT2D eigenvalue weighted by Gasteiger charge is 2.35. The zero-order valence-electron chi connectivity index (χ0n) is 19.5. The SMILES string of the molecule is CC(C)[C@@H]1CC[C@@H](C)c2c(-c3ccc4ccccc4c3)nn(C(=O)/C=C/c3ccccc3)c21. The molecule has 0 spiro atoms. The quantitative estimate of drug-likeness (QED) is 0.309. The van der Waals surface area contributed by atoms with Crippen molar-refractivity contribution in [2.75, 3.05) is 0 Å². The maximum atomic E-state index is 13.4. The van der Waals surface area contributed by atoms with Crippen LogP contribution in [0.2, 0.25) is 0 Å². The summed E-state index contributed by atoms with van der Waals surface area (Å²) in [7, 11) is 0. The van der Waals surface area contributed by atoms with Gasteiger partial charge in [-0.05, 0) is 53.2 Å². The van der Waals surface area contributed by atoms with E-state index in [1.54, 1.807) is 10.8 Å². The summed E-state index contributed by atoms with van der Waals surface area (Å²) in [6.45, 7) is 6.78. The largest absolute Gasteiger partial charge is 0.271 e. The second-order valence-corrected chi connectivity index (χ2v) is 9.53. The fraction of sp³-hybridized carbons (Fsp3) is 0.267. The summed E-state index contributed by atoms with van der Waals surface area (Å²) in [5, 5.41) is 7.38. The molecule has 5 rings (SSSR count). The minimum atomic E-state index is -0.0816. The van der Waals surface area contributed by atoms with Crippen LogP contribution in [0.25, 0.3) is 28.1 Å². The Morgan fingerprint density at radius 2 is 1.70 bits per heavy atom. The summed E-state index contributed by atoms with van der Waals surface area (Å²) < 4.78 is 1.69. The molecule has 0 bridgehead atoms. The molecule has 0 radical (unpaired) electrons. The van der Waals surface area contributed by atoms with Crippen molar-refractivity contribution in [2.24, 2.45) is 5.92 Å². The molecule has 3 heteroatoms. The molecule has 0 N–H and O–H groups in total. The molecular formula is C30H30N2O. The van der Waals surface area contributed by atoms with Crippen LogP contribution in [0.4, 0.5) is 0 Å². The average molecular weight is 435 g/mol. The summed E-state index contributed by atoms with van der Waals surface area (Å²) in [5.41, 5.74) is 5.40. The van der Waals surface area contributed by atoms with E-state index < -0.39 is 0 Å². The standard InChI is InChI=1S/C30H30N2O/c1-20(2)26-17-13-21(3)28-29(25-16-15-23-11-7-8-12-24(23)19-25)31-32(30(26)28)27(33)18-14-22-9-5-4-6-10-22/h4-12,14-16,18-21,26H,13,17H2,1-3H3/b18-14+/t21-,26+/m1/s1. The summed E-state index contributed by atoms with van der Waals surface area (Å²) in [4.78, 5) is 13.4. The van der Waals surface area contributed by atoms with Gasteiger partial charge in [-0.3, -0.25) is 4.79 Å². The molecule has 1 aromatic heterocycles. The van der Waals surface area contributed by atoms with Crippen LogP contribution < -0.4 is 0 Å². The van der Waals surface area contributed by atoms with E-state index in [9.17, 15) is 4.79 Å². The van der Waals surface area contributed by atoms with Crippen LogP contribution in [-0.2, 0) is 0 Å². The molecule has 3 nitrogen and oxygen atoms in total. The van der Waals surface area contributed by atoms with Gasteiger partial charge in [0.15, 0.2) is 0 Å². The van der Waals surface area contributed by atoms with Crippen LogP contribution in [0.15, 0.2) is 78.9 Å². The number of allylic oxidation sites excluding steroid dienone is 1. The van der Waals surface area contributed by atoms with Crippen LogP contribution in [0, 0.1) is 5.92 Å². The molecule has 0 saturated heterocycles. The monoisotopic (exact) mass is 434 g/mol. The molecule has 0 saturated carbocycles. The van der Waals surface area contributed by atoms with Crippen LogP contribution in [0.1, 0.15) is 67.1 Å². The minimum absolute atomic E-state index is 0.0816. The molecule has 33 heavy (non-hydrogen) atoms. The lowest BCUT2D eigenvalue weighted by molar-refractivity contribution is 0.0947. The highest BCUT2D eigenvalue weighted by Crippen LogP contribution is 2.46. The summed E-state index contributed by atoms with van der Waals surface area (Å²) in [6.07, 6.45) is 5.74. The number of hydrogen-bond acceptors (Lipinski definition) is 2. The van der Waals surface area contributed by atoms with E-state index >= 15 is 0 Å². The molecule has 1 aliphatic carbocycles. The summed E-state index contributed by atoms with van der Waals surface area (Å²) in [5.74, 6) is 1.06.